The molecule has 148 valence electrons. The Bertz CT molecular complexity index is 649. The summed E-state index contributed by atoms with van der Waals surface area (Å²) >= 11 is 0. The van der Waals surface area contributed by atoms with E-state index in [2.05, 4.69) is 105 Å². The van der Waals surface area contributed by atoms with E-state index >= 15 is 0 Å². The fraction of sp³-hybridized carbons (Fsp3) is 0.520. The lowest BCUT2D eigenvalue weighted by Gasteiger charge is -2.46. The molecule has 1 aromatic rings. The first kappa shape index (κ1) is 21.7. The molecular weight excluding hydrogens is 328 g/mol. The van der Waals surface area contributed by atoms with E-state index in [1.54, 1.807) is 0 Å². The second-order valence-electron chi connectivity index (χ2n) is 8.91. The van der Waals surface area contributed by atoms with Gasteiger partial charge in [-0.3, -0.25) is 4.90 Å². The number of benzene rings is 1. The molecule has 0 amide bonds. The largest absolute Gasteiger partial charge is 0.300 e. The van der Waals surface area contributed by atoms with E-state index in [1.807, 2.05) is 6.92 Å². The second kappa shape index (κ2) is 10.1. The van der Waals surface area contributed by atoms with E-state index in [1.165, 1.54) is 11.1 Å². The lowest BCUT2D eigenvalue weighted by Crippen LogP contribution is -2.56. The molecule has 0 N–H and O–H groups in total. The Morgan fingerprint density at radius 2 is 1.81 bits per heavy atom. The standard InChI is InChI=1S/C25H38N2/c1-7-8-9-11-14-21(2)23(22-15-12-10-13-16-22)19-27-18-17-26(6)24(20-27)25(3,4)5/h7-16,23-24H,17-20H2,1-6H3/b8-7-,11-9-,21-14+. The number of nitrogens with zero attached hydrogens (tertiary/aromatic N) is 2. The number of allylic oxidation sites excluding steroid dienone is 5. The van der Waals surface area contributed by atoms with Crippen LogP contribution in [0, 0.1) is 5.41 Å². The summed E-state index contributed by atoms with van der Waals surface area (Å²) in [5, 5.41) is 0. The number of likely N-dealkylation sites (N-methyl/N-ethyl adjacent to an activating group) is 1. The van der Waals surface area contributed by atoms with Crippen molar-refractivity contribution < 1.29 is 0 Å². The molecule has 2 unspecified atom stereocenters. The SMILES string of the molecule is C\C=C/C=C\C=C(/C)C(CN1CCN(C)C(C(C)(C)C)C1)c1ccccc1. The number of hydrogen-bond donors (Lipinski definition) is 0. The van der Waals surface area contributed by atoms with E-state index in [0.717, 1.165) is 26.2 Å². The van der Waals surface area contributed by atoms with Crippen LogP contribution in [0.4, 0.5) is 0 Å². The third-order valence-corrected chi connectivity index (χ3v) is 5.70. The van der Waals surface area contributed by atoms with Gasteiger partial charge in [-0.15, -0.1) is 0 Å². The Hall–Kier alpha value is -1.64. The topological polar surface area (TPSA) is 6.48 Å². The van der Waals surface area contributed by atoms with E-state index in [9.17, 15) is 0 Å². The Morgan fingerprint density at radius 1 is 1.11 bits per heavy atom. The predicted octanol–water partition coefficient (Wildman–Crippen LogP) is 5.51. The predicted molar refractivity (Wildman–Crippen MR) is 119 cm³/mol. The zero-order chi connectivity index (χ0) is 19.9. The van der Waals surface area contributed by atoms with E-state index in [4.69, 9.17) is 0 Å². The molecule has 1 heterocycles. The first-order valence-electron chi connectivity index (χ1n) is 10.3. The second-order valence-corrected chi connectivity index (χ2v) is 8.91. The van der Waals surface area contributed by atoms with Gasteiger partial charge in [0.25, 0.3) is 0 Å². The molecule has 1 aliphatic heterocycles. The van der Waals surface area contributed by atoms with E-state index in [-0.39, 0.29) is 0 Å². The molecule has 2 rings (SSSR count). The van der Waals surface area contributed by atoms with Crippen LogP contribution in [0.1, 0.15) is 46.1 Å². The lowest BCUT2D eigenvalue weighted by atomic mass is 9.83. The van der Waals surface area contributed by atoms with Crippen molar-refractivity contribution in [1.29, 1.82) is 0 Å². The maximum Gasteiger partial charge on any atom is 0.0269 e. The van der Waals surface area contributed by atoms with Gasteiger partial charge < -0.3 is 4.90 Å². The summed E-state index contributed by atoms with van der Waals surface area (Å²) in [6, 6.07) is 11.6. The van der Waals surface area contributed by atoms with Gasteiger partial charge in [0.15, 0.2) is 0 Å². The summed E-state index contributed by atoms with van der Waals surface area (Å²) in [5.41, 5.74) is 3.14. The van der Waals surface area contributed by atoms with Crippen molar-refractivity contribution >= 4 is 0 Å². The monoisotopic (exact) mass is 366 g/mol. The van der Waals surface area contributed by atoms with Crippen LogP contribution in [0.2, 0.25) is 0 Å². The number of piperazine rings is 1. The Balaban J connectivity index is 2.19. The molecule has 0 saturated carbocycles. The summed E-state index contributed by atoms with van der Waals surface area (Å²) in [6.45, 7) is 15.9. The molecule has 2 heteroatoms. The highest BCUT2D eigenvalue weighted by molar-refractivity contribution is 5.31. The van der Waals surface area contributed by atoms with Crippen LogP contribution in [-0.2, 0) is 0 Å². The average Bonchev–Trinajstić information content (AvgIpc) is 2.64. The first-order valence-corrected chi connectivity index (χ1v) is 10.3. The van der Waals surface area contributed by atoms with Crippen LogP contribution in [0.15, 0.2) is 66.3 Å². The van der Waals surface area contributed by atoms with Gasteiger partial charge in [0.1, 0.15) is 0 Å². The fourth-order valence-corrected chi connectivity index (χ4v) is 3.99. The summed E-state index contributed by atoms with van der Waals surface area (Å²) < 4.78 is 0. The van der Waals surface area contributed by atoms with Gasteiger partial charge in [-0.25, -0.2) is 0 Å². The maximum absolute atomic E-state index is 2.67. The summed E-state index contributed by atoms with van der Waals surface area (Å²) in [6.07, 6.45) is 10.7. The Kier molecular flexibility index (Phi) is 8.07. The smallest absolute Gasteiger partial charge is 0.0269 e. The molecule has 1 aliphatic rings. The van der Waals surface area contributed by atoms with Gasteiger partial charge in [-0.1, -0.05) is 87.1 Å². The van der Waals surface area contributed by atoms with Crippen LogP contribution in [0.5, 0.6) is 0 Å². The van der Waals surface area contributed by atoms with Crippen LogP contribution >= 0.6 is 0 Å². The molecule has 2 atom stereocenters. The summed E-state index contributed by atoms with van der Waals surface area (Å²) in [5.74, 6) is 0.436. The van der Waals surface area contributed by atoms with Crippen LogP contribution in [0.3, 0.4) is 0 Å². The highest BCUT2D eigenvalue weighted by Gasteiger charge is 2.34. The number of rotatable bonds is 6. The van der Waals surface area contributed by atoms with Gasteiger partial charge >= 0.3 is 0 Å². The minimum Gasteiger partial charge on any atom is -0.300 e. The molecule has 1 fully saturated rings. The molecular formula is C25H38N2. The fourth-order valence-electron chi connectivity index (χ4n) is 3.99. The van der Waals surface area contributed by atoms with Gasteiger partial charge in [0, 0.05) is 38.1 Å². The normalized spacial score (nSPS) is 22.0. The molecule has 27 heavy (non-hydrogen) atoms. The molecule has 1 aromatic carbocycles. The average molecular weight is 367 g/mol. The Labute approximate surface area is 167 Å². The van der Waals surface area contributed by atoms with Crippen molar-refractivity contribution in [2.24, 2.45) is 5.41 Å². The van der Waals surface area contributed by atoms with E-state index < -0.39 is 0 Å². The van der Waals surface area contributed by atoms with Gasteiger partial charge in [0.2, 0.25) is 0 Å². The minimum absolute atomic E-state index is 0.301. The van der Waals surface area contributed by atoms with Crippen molar-refractivity contribution in [2.45, 2.75) is 46.6 Å². The molecule has 0 bridgehead atoms. The van der Waals surface area contributed by atoms with Crippen LogP contribution < -0.4 is 0 Å². The zero-order valence-electron chi connectivity index (χ0n) is 18.2. The highest BCUT2D eigenvalue weighted by atomic mass is 15.3. The van der Waals surface area contributed by atoms with Gasteiger partial charge in [-0.05, 0) is 31.9 Å². The molecule has 0 aromatic heterocycles. The van der Waals surface area contributed by atoms with Crippen molar-refractivity contribution in [3.05, 3.63) is 71.8 Å². The van der Waals surface area contributed by atoms with Gasteiger partial charge in [0.05, 0.1) is 0 Å². The van der Waals surface area contributed by atoms with Crippen molar-refractivity contribution in [2.75, 3.05) is 33.2 Å². The molecule has 1 saturated heterocycles. The van der Waals surface area contributed by atoms with Crippen LogP contribution in [-0.4, -0.2) is 49.1 Å². The Morgan fingerprint density at radius 3 is 2.44 bits per heavy atom. The summed E-state index contributed by atoms with van der Waals surface area (Å²) in [7, 11) is 2.28. The van der Waals surface area contributed by atoms with Crippen molar-refractivity contribution in [1.82, 2.24) is 9.80 Å². The van der Waals surface area contributed by atoms with Gasteiger partial charge in [-0.2, -0.15) is 0 Å². The van der Waals surface area contributed by atoms with Crippen LogP contribution in [0.25, 0.3) is 0 Å². The van der Waals surface area contributed by atoms with Crippen molar-refractivity contribution in [3.8, 4) is 0 Å². The third-order valence-electron chi connectivity index (χ3n) is 5.70. The number of hydrogen-bond acceptors (Lipinski definition) is 2. The molecule has 2 nitrogen and oxygen atoms in total. The molecule has 0 radical (unpaired) electrons. The minimum atomic E-state index is 0.301. The molecule has 0 spiro atoms. The lowest BCUT2D eigenvalue weighted by molar-refractivity contribution is 0.0323. The molecule has 0 aliphatic carbocycles. The van der Waals surface area contributed by atoms with Crippen molar-refractivity contribution in [3.63, 3.8) is 0 Å². The maximum atomic E-state index is 2.67. The summed E-state index contributed by atoms with van der Waals surface area (Å²) in [4.78, 5) is 5.21. The third kappa shape index (κ3) is 6.48. The first-order chi connectivity index (χ1) is 12.8. The zero-order valence-corrected chi connectivity index (χ0v) is 18.2. The quantitative estimate of drug-likeness (QED) is 0.612. The van der Waals surface area contributed by atoms with E-state index in [0.29, 0.717) is 17.4 Å². The highest BCUT2D eigenvalue weighted by Crippen LogP contribution is 2.30.